The van der Waals surface area contributed by atoms with Crippen molar-refractivity contribution in [3.8, 4) is 0 Å². The van der Waals surface area contributed by atoms with Crippen molar-refractivity contribution in [2.75, 3.05) is 11.4 Å². The zero-order valence-corrected chi connectivity index (χ0v) is 12.3. The molecule has 1 saturated carbocycles. The lowest BCUT2D eigenvalue weighted by atomic mass is 9.95. The number of amides is 1. The van der Waals surface area contributed by atoms with Crippen LogP contribution in [-0.4, -0.2) is 18.7 Å². The standard InChI is InChI=1S/C19H17NO2/c21-12-13-1-6-17(7-2-13)20-10-9-16-11-15(14-3-4-14)5-8-18(16)19(20)22/h1-2,5-8,11-12,14H,3-4,9-10H2. The fourth-order valence-electron chi connectivity index (χ4n) is 3.16. The average Bonchev–Trinajstić information content (AvgIpc) is 3.40. The van der Waals surface area contributed by atoms with Crippen LogP contribution in [-0.2, 0) is 6.42 Å². The number of rotatable bonds is 3. The highest BCUT2D eigenvalue weighted by atomic mass is 16.2. The van der Waals surface area contributed by atoms with Crippen LogP contribution in [0.4, 0.5) is 5.69 Å². The topological polar surface area (TPSA) is 37.4 Å². The smallest absolute Gasteiger partial charge is 0.258 e. The number of nitrogens with zero attached hydrogens (tertiary/aromatic N) is 1. The average molecular weight is 291 g/mol. The maximum atomic E-state index is 12.7. The zero-order valence-electron chi connectivity index (χ0n) is 12.3. The Labute approximate surface area is 129 Å². The van der Waals surface area contributed by atoms with Gasteiger partial charge < -0.3 is 4.90 Å². The van der Waals surface area contributed by atoms with Gasteiger partial charge in [-0.05, 0) is 66.6 Å². The van der Waals surface area contributed by atoms with Crippen molar-refractivity contribution in [3.63, 3.8) is 0 Å². The molecule has 0 saturated heterocycles. The summed E-state index contributed by atoms with van der Waals surface area (Å²) in [6.45, 7) is 0.695. The Kier molecular flexibility index (Phi) is 3.07. The van der Waals surface area contributed by atoms with E-state index in [9.17, 15) is 9.59 Å². The molecule has 1 heterocycles. The van der Waals surface area contributed by atoms with Crippen molar-refractivity contribution >= 4 is 17.9 Å². The van der Waals surface area contributed by atoms with Crippen LogP contribution in [0.15, 0.2) is 42.5 Å². The van der Waals surface area contributed by atoms with Crippen LogP contribution in [0.5, 0.6) is 0 Å². The molecule has 0 radical (unpaired) electrons. The predicted octanol–water partition coefficient (Wildman–Crippen LogP) is 3.58. The molecule has 1 aliphatic heterocycles. The van der Waals surface area contributed by atoms with Gasteiger partial charge in [-0.15, -0.1) is 0 Å². The third kappa shape index (κ3) is 2.23. The van der Waals surface area contributed by atoms with Gasteiger partial charge in [-0.1, -0.05) is 12.1 Å². The SMILES string of the molecule is O=Cc1ccc(N2CCc3cc(C4CC4)ccc3C2=O)cc1. The molecule has 0 atom stereocenters. The highest BCUT2D eigenvalue weighted by molar-refractivity contribution is 6.08. The van der Waals surface area contributed by atoms with Gasteiger partial charge in [-0.3, -0.25) is 9.59 Å². The quantitative estimate of drug-likeness (QED) is 0.811. The molecule has 110 valence electrons. The lowest BCUT2D eigenvalue weighted by Gasteiger charge is -2.29. The molecule has 0 bridgehead atoms. The van der Waals surface area contributed by atoms with Gasteiger partial charge in [-0.25, -0.2) is 0 Å². The number of hydrogen-bond acceptors (Lipinski definition) is 2. The zero-order chi connectivity index (χ0) is 15.1. The van der Waals surface area contributed by atoms with E-state index < -0.39 is 0 Å². The summed E-state index contributed by atoms with van der Waals surface area (Å²) in [5.74, 6) is 0.775. The molecule has 3 heteroatoms. The van der Waals surface area contributed by atoms with Crippen molar-refractivity contribution < 1.29 is 9.59 Å². The summed E-state index contributed by atoms with van der Waals surface area (Å²) in [6, 6.07) is 13.5. The minimum Gasteiger partial charge on any atom is -0.308 e. The van der Waals surface area contributed by atoms with Crippen LogP contribution in [0.2, 0.25) is 0 Å². The molecular formula is C19H17NO2. The van der Waals surface area contributed by atoms with Crippen LogP contribution in [0.1, 0.15) is 50.6 Å². The molecule has 22 heavy (non-hydrogen) atoms. The second-order valence-electron chi connectivity index (χ2n) is 6.11. The van der Waals surface area contributed by atoms with E-state index in [1.54, 1.807) is 17.0 Å². The summed E-state index contributed by atoms with van der Waals surface area (Å²) in [5.41, 5.74) is 4.86. The molecule has 1 amide bonds. The Morgan fingerprint density at radius 1 is 1.05 bits per heavy atom. The van der Waals surface area contributed by atoms with Crippen molar-refractivity contribution in [3.05, 3.63) is 64.7 Å². The van der Waals surface area contributed by atoms with E-state index >= 15 is 0 Å². The first kappa shape index (κ1) is 13.3. The van der Waals surface area contributed by atoms with Gasteiger partial charge in [-0.2, -0.15) is 0 Å². The van der Waals surface area contributed by atoms with E-state index in [1.807, 2.05) is 18.2 Å². The van der Waals surface area contributed by atoms with Gasteiger partial charge in [0.15, 0.2) is 0 Å². The number of anilines is 1. The molecule has 0 N–H and O–H groups in total. The highest BCUT2D eigenvalue weighted by Gasteiger charge is 2.28. The van der Waals surface area contributed by atoms with Crippen LogP contribution in [0.3, 0.4) is 0 Å². The van der Waals surface area contributed by atoms with Gasteiger partial charge in [0.1, 0.15) is 6.29 Å². The maximum Gasteiger partial charge on any atom is 0.258 e. The van der Waals surface area contributed by atoms with Crippen LogP contribution in [0, 0.1) is 0 Å². The first-order valence-corrected chi connectivity index (χ1v) is 7.76. The maximum absolute atomic E-state index is 12.7. The van der Waals surface area contributed by atoms with Crippen molar-refractivity contribution in [2.45, 2.75) is 25.2 Å². The highest BCUT2D eigenvalue weighted by Crippen LogP contribution is 2.41. The van der Waals surface area contributed by atoms with Gasteiger partial charge >= 0.3 is 0 Å². The number of fused-ring (bicyclic) bond motifs is 1. The first-order chi connectivity index (χ1) is 10.8. The van der Waals surface area contributed by atoms with Gasteiger partial charge in [0.05, 0.1) is 0 Å². The molecule has 2 aromatic rings. The number of carbonyl (C=O) groups excluding carboxylic acids is 2. The van der Waals surface area contributed by atoms with Gasteiger partial charge in [0, 0.05) is 23.4 Å². The Morgan fingerprint density at radius 3 is 2.50 bits per heavy atom. The fourth-order valence-corrected chi connectivity index (χ4v) is 3.16. The molecular weight excluding hydrogens is 274 g/mol. The Bertz CT molecular complexity index is 745. The molecule has 0 aromatic heterocycles. The van der Waals surface area contributed by atoms with Crippen LogP contribution < -0.4 is 4.90 Å². The third-order valence-corrected chi connectivity index (χ3v) is 4.60. The number of hydrogen-bond donors (Lipinski definition) is 0. The molecule has 2 aromatic carbocycles. The van der Waals surface area contributed by atoms with E-state index in [4.69, 9.17) is 0 Å². The Balaban J connectivity index is 1.64. The number of aldehydes is 1. The minimum absolute atomic E-state index is 0.0578. The van der Waals surface area contributed by atoms with Gasteiger partial charge in [0.2, 0.25) is 0 Å². The summed E-state index contributed by atoms with van der Waals surface area (Å²) in [7, 11) is 0. The van der Waals surface area contributed by atoms with Gasteiger partial charge in [0.25, 0.3) is 5.91 Å². The molecule has 2 aliphatic rings. The molecule has 1 aliphatic carbocycles. The first-order valence-electron chi connectivity index (χ1n) is 7.76. The number of benzene rings is 2. The van der Waals surface area contributed by atoms with E-state index in [0.717, 1.165) is 24.0 Å². The summed E-state index contributed by atoms with van der Waals surface area (Å²) >= 11 is 0. The Morgan fingerprint density at radius 2 is 1.82 bits per heavy atom. The van der Waals surface area contributed by atoms with Crippen molar-refractivity contribution in [1.29, 1.82) is 0 Å². The summed E-state index contributed by atoms with van der Waals surface area (Å²) in [6.07, 6.45) is 4.26. The van der Waals surface area contributed by atoms with Crippen molar-refractivity contribution in [2.24, 2.45) is 0 Å². The molecule has 1 fully saturated rings. The summed E-state index contributed by atoms with van der Waals surface area (Å²) in [5, 5.41) is 0. The van der Waals surface area contributed by atoms with Crippen LogP contribution >= 0.6 is 0 Å². The summed E-state index contributed by atoms with van der Waals surface area (Å²) in [4.78, 5) is 25.3. The molecule has 0 spiro atoms. The Hall–Kier alpha value is -2.42. The fraction of sp³-hybridized carbons (Fsp3) is 0.263. The molecule has 3 nitrogen and oxygen atoms in total. The second kappa shape index (κ2) is 5.09. The molecule has 0 unspecified atom stereocenters. The third-order valence-electron chi connectivity index (χ3n) is 4.60. The van der Waals surface area contributed by atoms with Crippen molar-refractivity contribution in [1.82, 2.24) is 0 Å². The summed E-state index contributed by atoms with van der Waals surface area (Å²) < 4.78 is 0. The van der Waals surface area contributed by atoms with E-state index in [1.165, 1.54) is 24.0 Å². The van der Waals surface area contributed by atoms with E-state index in [2.05, 4.69) is 12.1 Å². The monoisotopic (exact) mass is 291 g/mol. The lowest BCUT2D eigenvalue weighted by Crippen LogP contribution is -2.37. The van der Waals surface area contributed by atoms with Crippen LogP contribution in [0.25, 0.3) is 0 Å². The van der Waals surface area contributed by atoms with E-state index in [-0.39, 0.29) is 5.91 Å². The molecule has 4 rings (SSSR count). The normalized spacial score (nSPS) is 17.3. The lowest BCUT2D eigenvalue weighted by molar-refractivity contribution is 0.0980. The van der Waals surface area contributed by atoms with E-state index in [0.29, 0.717) is 18.0 Å². The second-order valence-corrected chi connectivity index (χ2v) is 6.11. The number of carbonyl (C=O) groups is 2. The minimum atomic E-state index is 0.0578. The largest absolute Gasteiger partial charge is 0.308 e. The predicted molar refractivity (Wildman–Crippen MR) is 85.6 cm³/mol.